The van der Waals surface area contributed by atoms with Crippen molar-refractivity contribution in [1.82, 2.24) is 9.78 Å². The molecule has 0 saturated heterocycles. The van der Waals surface area contributed by atoms with Crippen LogP contribution < -0.4 is 5.32 Å². The number of benzene rings is 2. The van der Waals surface area contributed by atoms with Crippen LogP contribution in [0.3, 0.4) is 0 Å². The normalized spacial score (nSPS) is 15.8. The Kier molecular flexibility index (Phi) is 4.61. The molecular weight excluding hydrogens is 362 g/mol. The number of aryl methyl sites for hydroxylation is 4. The minimum absolute atomic E-state index is 0.0257. The first-order chi connectivity index (χ1) is 13.8. The van der Waals surface area contributed by atoms with Gasteiger partial charge < -0.3 is 5.32 Å². The van der Waals surface area contributed by atoms with Crippen molar-refractivity contribution in [2.75, 3.05) is 5.32 Å². The van der Waals surface area contributed by atoms with Gasteiger partial charge in [-0.2, -0.15) is 5.10 Å². The SMILES string of the molecule is Cc1ccc(C(=O)[C@H]2CC(=O)Nc3c2c(C)nn3-c2cccc(C)c2C)c(C)c1. The van der Waals surface area contributed by atoms with E-state index in [1.165, 1.54) is 0 Å². The first-order valence-electron chi connectivity index (χ1n) is 9.85. The Morgan fingerprint density at radius 2 is 1.83 bits per heavy atom. The standard InChI is InChI=1S/C24H25N3O2/c1-13-9-10-18(15(3)11-13)23(29)19-12-21(28)25-24-22(19)17(5)26-27(24)20-8-6-7-14(2)16(20)4/h6-11,19H,12H2,1-5H3,(H,25,28)/t19-/m0/s1. The number of aromatic nitrogens is 2. The molecular formula is C24H25N3O2. The second-order valence-corrected chi connectivity index (χ2v) is 7.97. The van der Waals surface area contributed by atoms with Crippen molar-refractivity contribution in [2.24, 2.45) is 0 Å². The fourth-order valence-corrected chi connectivity index (χ4v) is 4.19. The molecule has 3 aromatic rings. The minimum atomic E-state index is -0.529. The Labute approximate surface area is 170 Å². The zero-order valence-corrected chi connectivity index (χ0v) is 17.5. The summed E-state index contributed by atoms with van der Waals surface area (Å²) in [6.45, 7) is 9.94. The predicted molar refractivity (Wildman–Crippen MR) is 114 cm³/mol. The number of rotatable bonds is 3. The second-order valence-electron chi connectivity index (χ2n) is 7.97. The Morgan fingerprint density at radius 3 is 2.55 bits per heavy atom. The van der Waals surface area contributed by atoms with E-state index in [2.05, 4.69) is 5.32 Å². The van der Waals surface area contributed by atoms with Crippen LogP contribution >= 0.6 is 0 Å². The largest absolute Gasteiger partial charge is 0.310 e. The monoisotopic (exact) mass is 387 g/mol. The van der Waals surface area contributed by atoms with Crippen LogP contribution in [0.5, 0.6) is 0 Å². The van der Waals surface area contributed by atoms with Crippen molar-refractivity contribution in [3.63, 3.8) is 0 Å². The third-order valence-electron chi connectivity index (χ3n) is 5.87. The molecule has 0 saturated carbocycles. The van der Waals surface area contributed by atoms with Gasteiger partial charge in [0.25, 0.3) is 0 Å². The van der Waals surface area contributed by atoms with Crippen LogP contribution in [0.1, 0.15) is 56.2 Å². The molecule has 1 amide bonds. The average Bonchev–Trinajstić information content (AvgIpc) is 2.99. The van der Waals surface area contributed by atoms with Crippen molar-refractivity contribution in [3.8, 4) is 5.69 Å². The number of fused-ring (bicyclic) bond motifs is 1. The lowest BCUT2D eigenvalue weighted by molar-refractivity contribution is -0.116. The number of Topliss-reactive ketones (excluding diaryl/α,β-unsaturated/α-hetero) is 1. The van der Waals surface area contributed by atoms with E-state index in [-0.39, 0.29) is 18.1 Å². The predicted octanol–water partition coefficient (Wildman–Crippen LogP) is 4.72. The zero-order chi connectivity index (χ0) is 20.9. The smallest absolute Gasteiger partial charge is 0.226 e. The van der Waals surface area contributed by atoms with Crippen LogP contribution in [-0.2, 0) is 4.79 Å². The fraction of sp³-hybridized carbons (Fsp3) is 0.292. The summed E-state index contributed by atoms with van der Waals surface area (Å²) >= 11 is 0. The summed E-state index contributed by atoms with van der Waals surface area (Å²) in [7, 11) is 0. The van der Waals surface area contributed by atoms with E-state index in [1.807, 2.05) is 71.0 Å². The summed E-state index contributed by atoms with van der Waals surface area (Å²) in [5.41, 5.74) is 7.44. The van der Waals surface area contributed by atoms with Crippen LogP contribution in [-0.4, -0.2) is 21.5 Å². The molecule has 1 N–H and O–H groups in total. The fourth-order valence-electron chi connectivity index (χ4n) is 4.19. The van der Waals surface area contributed by atoms with Gasteiger partial charge in [-0.25, -0.2) is 4.68 Å². The first-order valence-corrected chi connectivity index (χ1v) is 9.85. The highest BCUT2D eigenvalue weighted by molar-refractivity contribution is 6.08. The highest BCUT2D eigenvalue weighted by Gasteiger charge is 2.36. The van der Waals surface area contributed by atoms with Gasteiger partial charge in [-0.15, -0.1) is 0 Å². The van der Waals surface area contributed by atoms with E-state index < -0.39 is 5.92 Å². The van der Waals surface area contributed by atoms with E-state index in [1.54, 1.807) is 4.68 Å². The Hall–Kier alpha value is -3.21. The van der Waals surface area contributed by atoms with Crippen molar-refractivity contribution in [3.05, 3.63) is 75.5 Å². The summed E-state index contributed by atoms with van der Waals surface area (Å²) in [5, 5.41) is 7.68. The maximum atomic E-state index is 13.4. The number of hydrogen-bond donors (Lipinski definition) is 1. The minimum Gasteiger partial charge on any atom is -0.310 e. The van der Waals surface area contributed by atoms with E-state index in [0.717, 1.165) is 39.2 Å². The molecule has 0 aliphatic carbocycles. The zero-order valence-electron chi connectivity index (χ0n) is 17.5. The molecule has 29 heavy (non-hydrogen) atoms. The third-order valence-corrected chi connectivity index (χ3v) is 5.87. The molecule has 1 aliphatic heterocycles. The van der Waals surface area contributed by atoms with Crippen LogP contribution in [0.15, 0.2) is 36.4 Å². The number of hydrogen-bond acceptors (Lipinski definition) is 3. The molecule has 1 aromatic heterocycles. The number of anilines is 1. The second kappa shape index (κ2) is 6.99. The van der Waals surface area contributed by atoms with Gasteiger partial charge in [0.2, 0.25) is 5.91 Å². The number of amides is 1. The summed E-state index contributed by atoms with van der Waals surface area (Å²) in [4.78, 5) is 26.0. The molecule has 0 bridgehead atoms. The maximum Gasteiger partial charge on any atom is 0.226 e. The van der Waals surface area contributed by atoms with Crippen molar-refractivity contribution in [1.29, 1.82) is 0 Å². The molecule has 4 rings (SSSR count). The van der Waals surface area contributed by atoms with Crippen LogP contribution in [0.4, 0.5) is 5.82 Å². The number of carbonyl (C=O) groups excluding carboxylic acids is 2. The summed E-state index contributed by atoms with van der Waals surface area (Å²) in [5.74, 6) is -0.108. The van der Waals surface area contributed by atoms with Gasteiger partial charge in [-0.1, -0.05) is 35.9 Å². The van der Waals surface area contributed by atoms with Crippen LogP contribution in [0, 0.1) is 34.6 Å². The van der Waals surface area contributed by atoms with E-state index >= 15 is 0 Å². The molecule has 148 valence electrons. The molecule has 0 radical (unpaired) electrons. The Morgan fingerprint density at radius 1 is 1.07 bits per heavy atom. The topological polar surface area (TPSA) is 64.0 Å². The number of nitrogens with zero attached hydrogens (tertiary/aromatic N) is 2. The van der Waals surface area contributed by atoms with E-state index in [0.29, 0.717) is 11.4 Å². The number of nitrogens with one attached hydrogen (secondary N) is 1. The molecule has 0 fully saturated rings. The number of carbonyl (C=O) groups is 2. The van der Waals surface area contributed by atoms with Crippen LogP contribution in [0.25, 0.3) is 5.69 Å². The molecule has 1 aliphatic rings. The Balaban J connectivity index is 1.86. The van der Waals surface area contributed by atoms with Crippen molar-refractivity contribution >= 4 is 17.5 Å². The lowest BCUT2D eigenvalue weighted by Crippen LogP contribution is -2.29. The molecule has 0 spiro atoms. The highest BCUT2D eigenvalue weighted by atomic mass is 16.2. The lowest BCUT2D eigenvalue weighted by atomic mass is 9.84. The number of ketones is 1. The Bertz CT molecular complexity index is 1160. The molecule has 1 atom stereocenters. The van der Waals surface area contributed by atoms with Gasteiger partial charge in [-0.05, 0) is 57.4 Å². The van der Waals surface area contributed by atoms with E-state index in [4.69, 9.17) is 5.10 Å². The van der Waals surface area contributed by atoms with E-state index in [9.17, 15) is 9.59 Å². The van der Waals surface area contributed by atoms with Gasteiger partial charge >= 0.3 is 0 Å². The first kappa shape index (κ1) is 19.1. The van der Waals surface area contributed by atoms with Gasteiger partial charge in [0, 0.05) is 17.5 Å². The molecule has 2 heterocycles. The van der Waals surface area contributed by atoms with Gasteiger partial charge in [0.15, 0.2) is 5.78 Å². The lowest BCUT2D eigenvalue weighted by Gasteiger charge is -2.24. The van der Waals surface area contributed by atoms with Crippen molar-refractivity contribution < 1.29 is 9.59 Å². The van der Waals surface area contributed by atoms with Gasteiger partial charge in [0.1, 0.15) is 5.82 Å². The molecule has 5 nitrogen and oxygen atoms in total. The van der Waals surface area contributed by atoms with Crippen LogP contribution in [0.2, 0.25) is 0 Å². The highest BCUT2D eigenvalue weighted by Crippen LogP contribution is 2.39. The summed E-state index contributed by atoms with van der Waals surface area (Å²) < 4.78 is 1.77. The average molecular weight is 387 g/mol. The van der Waals surface area contributed by atoms with Gasteiger partial charge in [-0.3, -0.25) is 9.59 Å². The summed E-state index contributed by atoms with van der Waals surface area (Å²) in [6, 6.07) is 11.8. The van der Waals surface area contributed by atoms with Gasteiger partial charge in [0.05, 0.1) is 17.3 Å². The third kappa shape index (κ3) is 3.16. The molecule has 2 aromatic carbocycles. The van der Waals surface area contributed by atoms with Crippen molar-refractivity contribution in [2.45, 2.75) is 47.0 Å². The summed E-state index contributed by atoms with van der Waals surface area (Å²) in [6.07, 6.45) is 0.137. The maximum absolute atomic E-state index is 13.4. The molecule has 0 unspecified atom stereocenters. The quantitative estimate of drug-likeness (QED) is 0.661. The molecule has 5 heteroatoms.